The maximum Gasteiger partial charge on any atom is 0.143 e. The number of nitrogens with zero attached hydrogens (tertiary/aromatic N) is 4. The van der Waals surface area contributed by atoms with Gasteiger partial charge in [-0.05, 0) is 59.5 Å². The Hall–Kier alpha value is -1.75. The van der Waals surface area contributed by atoms with Gasteiger partial charge in [0.25, 0.3) is 0 Å². The summed E-state index contributed by atoms with van der Waals surface area (Å²) in [5.74, 6) is 1.71. The number of imidazole rings is 1. The summed E-state index contributed by atoms with van der Waals surface area (Å²) >= 11 is 3.47. The van der Waals surface area contributed by atoms with E-state index in [2.05, 4.69) is 63.8 Å². The third-order valence-electron chi connectivity index (χ3n) is 3.61. The maximum absolute atomic E-state index is 4.65. The van der Waals surface area contributed by atoms with Gasteiger partial charge in [0.2, 0.25) is 0 Å². The maximum atomic E-state index is 4.65. The largest absolute Gasteiger partial charge is 0.283 e. The van der Waals surface area contributed by atoms with Crippen LogP contribution in [-0.4, -0.2) is 19.5 Å². The minimum Gasteiger partial charge on any atom is -0.283 e. The summed E-state index contributed by atoms with van der Waals surface area (Å²) in [5, 5.41) is 0. The predicted octanol–water partition coefficient (Wildman–Crippen LogP) is 4.15. The Bertz CT molecular complexity index is 807. The van der Waals surface area contributed by atoms with Gasteiger partial charge in [0.15, 0.2) is 0 Å². The van der Waals surface area contributed by atoms with Crippen molar-refractivity contribution in [2.45, 2.75) is 33.6 Å². The molecule has 4 nitrogen and oxygen atoms in total. The van der Waals surface area contributed by atoms with E-state index < -0.39 is 0 Å². The van der Waals surface area contributed by atoms with Crippen molar-refractivity contribution >= 4 is 27.0 Å². The van der Waals surface area contributed by atoms with Crippen molar-refractivity contribution in [1.82, 2.24) is 19.5 Å². The monoisotopic (exact) mass is 344 g/mol. The Morgan fingerprint density at radius 2 is 1.86 bits per heavy atom. The van der Waals surface area contributed by atoms with Gasteiger partial charge in [-0.2, -0.15) is 0 Å². The molecule has 0 aliphatic rings. The number of fused-ring (bicyclic) bond motifs is 1. The molecular weight excluding hydrogens is 328 g/mol. The number of aromatic nitrogens is 4. The van der Waals surface area contributed by atoms with E-state index in [1.807, 2.05) is 17.0 Å². The van der Waals surface area contributed by atoms with Crippen molar-refractivity contribution in [3.05, 3.63) is 46.1 Å². The zero-order valence-electron chi connectivity index (χ0n) is 12.4. The van der Waals surface area contributed by atoms with Crippen molar-refractivity contribution in [2.75, 3.05) is 0 Å². The lowest BCUT2D eigenvalue weighted by Crippen LogP contribution is -2.02. The van der Waals surface area contributed by atoms with E-state index in [0.29, 0.717) is 0 Å². The second-order valence-corrected chi connectivity index (χ2v) is 6.07. The molecule has 0 aliphatic heterocycles. The van der Waals surface area contributed by atoms with Crippen LogP contribution in [0.5, 0.6) is 0 Å². The van der Waals surface area contributed by atoms with Crippen LogP contribution >= 0.6 is 15.9 Å². The number of hydrogen-bond donors (Lipinski definition) is 0. The molecule has 3 rings (SSSR count). The molecule has 0 bridgehead atoms. The van der Waals surface area contributed by atoms with Crippen LogP contribution in [0.2, 0.25) is 0 Å². The van der Waals surface area contributed by atoms with Gasteiger partial charge in [-0.15, -0.1) is 0 Å². The lowest BCUT2D eigenvalue weighted by atomic mass is 10.1. The Kier molecular flexibility index (Phi) is 3.76. The second kappa shape index (κ2) is 5.56. The molecule has 0 saturated heterocycles. The van der Waals surface area contributed by atoms with E-state index >= 15 is 0 Å². The Morgan fingerprint density at radius 1 is 1.10 bits per heavy atom. The van der Waals surface area contributed by atoms with Gasteiger partial charge in [0.05, 0.1) is 11.0 Å². The first kappa shape index (κ1) is 14.2. The van der Waals surface area contributed by atoms with Crippen LogP contribution in [0.3, 0.4) is 0 Å². The molecule has 108 valence electrons. The van der Waals surface area contributed by atoms with Gasteiger partial charge in [-0.25, -0.2) is 15.0 Å². The van der Waals surface area contributed by atoms with Gasteiger partial charge in [0, 0.05) is 12.5 Å². The third-order valence-corrected chi connectivity index (χ3v) is 4.02. The number of benzene rings is 1. The van der Waals surface area contributed by atoms with E-state index in [1.54, 1.807) is 0 Å². The molecule has 0 amide bonds. The van der Waals surface area contributed by atoms with Gasteiger partial charge in [0.1, 0.15) is 22.6 Å². The normalized spacial score (nSPS) is 11.2. The van der Waals surface area contributed by atoms with Crippen LogP contribution in [0.25, 0.3) is 16.9 Å². The number of aryl methyl sites for hydroxylation is 3. The van der Waals surface area contributed by atoms with E-state index in [4.69, 9.17) is 0 Å². The van der Waals surface area contributed by atoms with Crippen molar-refractivity contribution in [3.63, 3.8) is 0 Å². The predicted molar refractivity (Wildman–Crippen MR) is 87.8 cm³/mol. The van der Waals surface area contributed by atoms with Crippen LogP contribution in [0.1, 0.15) is 30.3 Å². The lowest BCUT2D eigenvalue weighted by Gasteiger charge is -2.07. The Morgan fingerprint density at radius 3 is 2.62 bits per heavy atom. The van der Waals surface area contributed by atoms with Crippen LogP contribution in [0.15, 0.2) is 29.1 Å². The third kappa shape index (κ3) is 2.70. The van der Waals surface area contributed by atoms with Gasteiger partial charge < -0.3 is 0 Å². The number of rotatable bonds is 3. The van der Waals surface area contributed by atoms with Crippen LogP contribution in [0.4, 0.5) is 0 Å². The van der Waals surface area contributed by atoms with Crippen LogP contribution < -0.4 is 0 Å². The van der Waals surface area contributed by atoms with Gasteiger partial charge in [-0.3, -0.25) is 4.57 Å². The lowest BCUT2D eigenvalue weighted by molar-refractivity contribution is 0.813. The van der Waals surface area contributed by atoms with Crippen molar-refractivity contribution < 1.29 is 0 Å². The highest BCUT2D eigenvalue weighted by Crippen LogP contribution is 2.22. The van der Waals surface area contributed by atoms with Crippen molar-refractivity contribution in [3.8, 4) is 5.82 Å². The first-order valence-corrected chi connectivity index (χ1v) is 7.86. The average Bonchev–Trinajstić information content (AvgIpc) is 2.82. The fraction of sp³-hybridized carbons (Fsp3) is 0.312. The smallest absolute Gasteiger partial charge is 0.143 e. The molecule has 0 radical (unpaired) electrons. The quantitative estimate of drug-likeness (QED) is 0.670. The molecule has 0 fully saturated rings. The highest BCUT2D eigenvalue weighted by Gasteiger charge is 2.10. The fourth-order valence-corrected chi connectivity index (χ4v) is 2.77. The molecule has 0 unspecified atom stereocenters. The molecule has 2 aromatic heterocycles. The standard InChI is InChI=1S/C16H17BrN4/c1-4-5-15-19-14(17)8-16(20-15)21-9-18-12-6-10(2)11(3)7-13(12)21/h6-9H,4-5H2,1-3H3. The molecule has 0 aliphatic carbocycles. The zero-order chi connectivity index (χ0) is 15.0. The summed E-state index contributed by atoms with van der Waals surface area (Å²) in [6, 6.07) is 6.20. The SMILES string of the molecule is CCCc1nc(Br)cc(-n2cnc3cc(C)c(C)cc32)n1. The highest BCUT2D eigenvalue weighted by molar-refractivity contribution is 9.10. The summed E-state index contributed by atoms with van der Waals surface area (Å²) in [6.07, 6.45) is 3.73. The van der Waals surface area contributed by atoms with Crippen LogP contribution in [-0.2, 0) is 6.42 Å². The van der Waals surface area contributed by atoms with E-state index in [9.17, 15) is 0 Å². The summed E-state index contributed by atoms with van der Waals surface area (Å²) in [6.45, 7) is 6.35. The van der Waals surface area contributed by atoms with E-state index in [1.165, 1.54) is 11.1 Å². The van der Waals surface area contributed by atoms with E-state index in [-0.39, 0.29) is 0 Å². The fourth-order valence-electron chi connectivity index (χ4n) is 2.36. The molecular formula is C16H17BrN4. The summed E-state index contributed by atoms with van der Waals surface area (Å²) in [7, 11) is 0. The molecule has 0 N–H and O–H groups in total. The molecule has 0 spiro atoms. The van der Waals surface area contributed by atoms with Crippen LogP contribution in [0, 0.1) is 13.8 Å². The average molecular weight is 345 g/mol. The number of hydrogen-bond acceptors (Lipinski definition) is 3. The topological polar surface area (TPSA) is 43.6 Å². The van der Waals surface area contributed by atoms with Crippen molar-refractivity contribution in [2.24, 2.45) is 0 Å². The first-order chi connectivity index (χ1) is 10.1. The Labute approximate surface area is 132 Å². The molecule has 5 heteroatoms. The number of halogens is 1. The van der Waals surface area contributed by atoms with Crippen molar-refractivity contribution in [1.29, 1.82) is 0 Å². The molecule has 3 aromatic rings. The van der Waals surface area contributed by atoms with Gasteiger partial charge >= 0.3 is 0 Å². The second-order valence-electron chi connectivity index (χ2n) is 5.25. The highest BCUT2D eigenvalue weighted by atomic mass is 79.9. The minimum absolute atomic E-state index is 0.807. The molecule has 21 heavy (non-hydrogen) atoms. The molecule has 1 aromatic carbocycles. The summed E-state index contributed by atoms with van der Waals surface area (Å²) < 4.78 is 2.83. The molecule has 2 heterocycles. The molecule has 0 atom stereocenters. The minimum atomic E-state index is 0.807. The molecule has 0 saturated carbocycles. The zero-order valence-corrected chi connectivity index (χ0v) is 14.0. The summed E-state index contributed by atoms with van der Waals surface area (Å²) in [5.41, 5.74) is 4.57. The summed E-state index contributed by atoms with van der Waals surface area (Å²) in [4.78, 5) is 13.6. The van der Waals surface area contributed by atoms with Gasteiger partial charge in [-0.1, -0.05) is 6.92 Å². The Balaban J connectivity index is 2.18. The van der Waals surface area contributed by atoms with E-state index in [0.717, 1.165) is 40.1 Å². The first-order valence-electron chi connectivity index (χ1n) is 7.06.